The zero-order valence-corrected chi connectivity index (χ0v) is 13.2. The van der Waals surface area contributed by atoms with Crippen LogP contribution in [0.3, 0.4) is 0 Å². The number of carbonyl (C=O) groups excluding carboxylic acids is 2. The molecule has 0 aliphatic rings. The van der Waals surface area contributed by atoms with Crippen molar-refractivity contribution in [1.29, 1.82) is 0 Å². The Morgan fingerprint density at radius 3 is 2.10 bits per heavy atom. The molecule has 2 unspecified atom stereocenters. The fraction of sp³-hybridized carbons (Fsp3) is 0.385. The van der Waals surface area contributed by atoms with Crippen LogP contribution in [-0.4, -0.2) is 42.6 Å². The van der Waals surface area contributed by atoms with Crippen LogP contribution in [0.2, 0.25) is 0 Å². The highest BCUT2D eigenvalue weighted by atomic mass is 33.1. The molecule has 0 aromatic heterocycles. The molecule has 0 saturated carbocycles. The van der Waals surface area contributed by atoms with E-state index in [1.54, 1.807) is 24.3 Å². The maximum atomic E-state index is 11.7. The van der Waals surface area contributed by atoms with Crippen LogP contribution in [0.1, 0.15) is 0 Å². The molecule has 0 aliphatic carbocycles. The molecule has 0 aliphatic heterocycles. The van der Waals surface area contributed by atoms with Crippen LogP contribution >= 0.6 is 21.6 Å². The third-order valence-electron chi connectivity index (χ3n) is 2.35. The van der Waals surface area contributed by atoms with Crippen LogP contribution < -0.4 is 16.2 Å². The summed E-state index contributed by atoms with van der Waals surface area (Å²) in [5.74, 6) is 0.257. The molecule has 0 bridgehead atoms. The molecule has 6 nitrogen and oxygen atoms in total. The number of ether oxygens (including phenoxy) is 2. The van der Waals surface area contributed by atoms with Crippen LogP contribution in [-0.2, 0) is 14.3 Å². The molecule has 1 aromatic carbocycles. The molecule has 0 heterocycles. The van der Waals surface area contributed by atoms with Crippen molar-refractivity contribution in [2.45, 2.75) is 12.1 Å². The van der Waals surface area contributed by atoms with E-state index in [0.717, 1.165) is 0 Å². The number of para-hydroxylation sites is 1. The van der Waals surface area contributed by atoms with Gasteiger partial charge >= 0.3 is 11.9 Å². The van der Waals surface area contributed by atoms with Crippen LogP contribution in [0.15, 0.2) is 30.3 Å². The van der Waals surface area contributed by atoms with E-state index in [2.05, 4.69) is 4.74 Å². The molecule has 0 spiro atoms. The van der Waals surface area contributed by atoms with E-state index in [1.165, 1.54) is 28.7 Å². The molecule has 0 saturated heterocycles. The van der Waals surface area contributed by atoms with Gasteiger partial charge in [-0.15, -0.1) is 0 Å². The lowest BCUT2D eigenvalue weighted by atomic mass is 10.3. The van der Waals surface area contributed by atoms with Crippen molar-refractivity contribution in [2.75, 3.05) is 18.6 Å². The summed E-state index contributed by atoms with van der Waals surface area (Å²) >= 11 is 0. The lowest BCUT2D eigenvalue weighted by Crippen LogP contribution is -2.36. The van der Waals surface area contributed by atoms with Gasteiger partial charge in [-0.2, -0.15) is 0 Å². The zero-order chi connectivity index (χ0) is 15.7. The monoisotopic (exact) mass is 330 g/mol. The van der Waals surface area contributed by atoms with Gasteiger partial charge in [-0.25, -0.2) is 4.79 Å². The Morgan fingerprint density at radius 2 is 1.57 bits per heavy atom. The molecule has 0 fully saturated rings. The second kappa shape index (κ2) is 9.67. The predicted octanol–water partition coefficient (Wildman–Crippen LogP) is 0.801. The van der Waals surface area contributed by atoms with Crippen molar-refractivity contribution in [3.05, 3.63) is 30.3 Å². The Hall–Kier alpha value is -1.22. The minimum Gasteiger partial charge on any atom is -0.468 e. The van der Waals surface area contributed by atoms with Gasteiger partial charge in [0.2, 0.25) is 0 Å². The standard InChI is InChI=1S/C13H18N2O4S2/c1-18-12(16)10(14)7-20-21-8-11(15)13(17)19-9-5-3-2-4-6-9/h2-6,10-11H,7-8,14-15H2,1H3. The molecular weight excluding hydrogens is 312 g/mol. The Balaban J connectivity index is 2.23. The average Bonchev–Trinajstić information content (AvgIpc) is 2.51. The quantitative estimate of drug-likeness (QED) is 0.312. The minimum absolute atomic E-state index is 0.365. The first-order chi connectivity index (χ1) is 10.0. The number of esters is 2. The summed E-state index contributed by atoms with van der Waals surface area (Å²) in [6, 6.07) is 7.31. The Kier molecular flexibility index (Phi) is 8.21. The van der Waals surface area contributed by atoms with Gasteiger partial charge in [-0.1, -0.05) is 39.8 Å². The molecule has 1 rings (SSSR count). The first-order valence-electron chi connectivity index (χ1n) is 6.14. The number of rotatable bonds is 8. The first-order valence-corrected chi connectivity index (χ1v) is 8.63. The summed E-state index contributed by atoms with van der Waals surface area (Å²) in [6.07, 6.45) is 0. The van der Waals surface area contributed by atoms with Gasteiger partial charge in [0.15, 0.2) is 0 Å². The Labute approximate surface area is 131 Å². The fourth-order valence-corrected chi connectivity index (χ4v) is 3.43. The van der Waals surface area contributed by atoms with Crippen molar-refractivity contribution in [3.8, 4) is 5.75 Å². The van der Waals surface area contributed by atoms with Crippen molar-refractivity contribution in [2.24, 2.45) is 11.5 Å². The van der Waals surface area contributed by atoms with Crippen LogP contribution in [0, 0.1) is 0 Å². The van der Waals surface area contributed by atoms with E-state index < -0.39 is 24.0 Å². The summed E-state index contributed by atoms with van der Waals surface area (Å²) in [4.78, 5) is 22.8. The molecule has 4 N–H and O–H groups in total. The number of hydrogen-bond donors (Lipinski definition) is 2. The van der Waals surface area contributed by atoms with E-state index in [0.29, 0.717) is 17.3 Å². The van der Waals surface area contributed by atoms with Crippen LogP contribution in [0.25, 0.3) is 0 Å². The molecule has 0 amide bonds. The average molecular weight is 330 g/mol. The highest BCUT2D eigenvalue weighted by molar-refractivity contribution is 8.76. The molecular formula is C13H18N2O4S2. The predicted molar refractivity (Wildman–Crippen MR) is 85.0 cm³/mol. The zero-order valence-electron chi connectivity index (χ0n) is 11.6. The smallest absolute Gasteiger partial charge is 0.329 e. The normalized spacial score (nSPS) is 13.3. The van der Waals surface area contributed by atoms with Crippen LogP contribution in [0.4, 0.5) is 0 Å². The van der Waals surface area contributed by atoms with Gasteiger partial charge in [0.05, 0.1) is 7.11 Å². The second-order valence-corrected chi connectivity index (χ2v) is 6.59. The van der Waals surface area contributed by atoms with Gasteiger partial charge in [-0.05, 0) is 12.1 Å². The van der Waals surface area contributed by atoms with Crippen LogP contribution in [0.5, 0.6) is 5.75 Å². The fourth-order valence-electron chi connectivity index (χ4n) is 1.21. The van der Waals surface area contributed by atoms with Gasteiger partial charge < -0.3 is 20.9 Å². The first kappa shape index (κ1) is 17.8. The largest absolute Gasteiger partial charge is 0.468 e. The third kappa shape index (κ3) is 6.85. The molecule has 1 aromatic rings. The molecule has 21 heavy (non-hydrogen) atoms. The van der Waals surface area contributed by atoms with Gasteiger partial charge in [0, 0.05) is 11.5 Å². The SMILES string of the molecule is COC(=O)C(N)CSSCC(N)C(=O)Oc1ccccc1. The Morgan fingerprint density at radius 1 is 1.05 bits per heavy atom. The summed E-state index contributed by atoms with van der Waals surface area (Å²) in [5, 5.41) is 0. The summed E-state index contributed by atoms with van der Waals surface area (Å²) < 4.78 is 9.63. The summed E-state index contributed by atoms with van der Waals surface area (Å²) in [6.45, 7) is 0. The van der Waals surface area contributed by atoms with Gasteiger partial charge in [0.25, 0.3) is 0 Å². The van der Waals surface area contributed by atoms with Crippen molar-refractivity contribution >= 4 is 33.5 Å². The number of carbonyl (C=O) groups is 2. The lowest BCUT2D eigenvalue weighted by Gasteiger charge is -2.11. The highest BCUT2D eigenvalue weighted by Crippen LogP contribution is 2.22. The summed E-state index contributed by atoms with van der Waals surface area (Å²) in [7, 11) is 4.01. The van der Waals surface area contributed by atoms with E-state index in [1.807, 2.05) is 6.07 Å². The Bertz CT molecular complexity index is 459. The van der Waals surface area contributed by atoms with Gasteiger partial charge in [0.1, 0.15) is 17.8 Å². The van der Waals surface area contributed by atoms with Crippen molar-refractivity contribution < 1.29 is 19.1 Å². The van der Waals surface area contributed by atoms with E-state index >= 15 is 0 Å². The lowest BCUT2D eigenvalue weighted by molar-refractivity contribution is -0.141. The summed E-state index contributed by atoms with van der Waals surface area (Å²) in [5.41, 5.74) is 11.3. The minimum atomic E-state index is -0.739. The number of methoxy groups -OCH3 is 1. The number of benzene rings is 1. The molecule has 2 atom stereocenters. The van der Waals surface area contributed by atoms with Gasteiger partial charge in [-0.3, -0.25) is 4.79 Å². The maximum absolute atomic E-state index is 11.7. The third-order valence-corrected chi connectivity index (χ3v) is 4.82. The molecule has 116 valence electrons. The number of hydrogen-bond acceptors (Lipinski definition) is 8. The highest BCUT2D eigenvalue weighted by Gasteiger charge is 2.18. The van der Waals surface area contributed by atoms with Crippen molar-refractivity contribution in [3.63, 3.8) is 0 Å². The molecule has 0 radical (unpaired) electrons. The van der Waals surface area contributed by atoms with E-state index in [4.69, 9.17) is 16.2 Å². The van der Waals surface area contributed by atoms with E-state index in [9.17, 15) is 9.59 Å². The maximum Gasteiger partial charge on any atom is 0.329 e. The number of nitrogens with two attached hydrogens (primary N) is 2. The second-order valence-electron chi connectivity index (χ2n) is 4.04. The van der Waals surface area contributed by atoms with Crippen molar-refractivity contribution in [1.82, 2.24) is 0 Å². The topological polar surface area (TPSA) is 105 Å². The van der Waals surface area contributed by atoms with E-state index in [-0.39, 0.29) is 0 Å². The molecule has 8 heteroatoms.